The van der Waals surface area contributed by atoms with Gasteiger partial charge in [-0.3, -0.25) is 19.1 Å². The van der Waals surface area contributed by atoms with Crippen LogP contribution in [-0.4, -0.2) is 51.4 Å². The second-order valence-electron chi connectivity index (χ2n) is 7.60. The van der Waals surface area contributed by atoms with E-state index in [2.05, 4.69) is 34.1 Å². The first-order chi connectivity index (χ1) is 14.0. The Morgan fingerprint density at radius 2 is 1.83 bits per heavy atom. The van der Waals surface area contributed by atoms with E-state index >= 15 is 0 Å². The van der Waals surface area contributed by atoms with Gasteiger partial charge < -0.3 is 9.32 Å². The summed E-state index contributed by atoms with van der Waals surface area (Å²) in [6.07, 6.45) is 1.76. The van der Waals surface area contributed by atoms with Crippen molar-refractivity contribution >= 4 is 17.0 Å². The highest BCUT2D eigenvalue weighted by Crippen LogP contribution is 2.19. The minimum absolute atomic E-state index is 0.0801. The lowest BCUT2D eigenvalue weighted by atomic mass is 10.2. The van der Waals surface area contributed by atoms with Gasteiger partial charge in [0.05, 0.1) is 0 Å². The number of carbonyl (C=O) groups excluding carboxylic acids is 1. The molecule has 0 unspecified atom stereocenters. The van der Waals surface area contributed by atoms with E-state index in [1.807, 2.05) is 24.8 Å². The van der Waals surface area contributed by atoms with Crippen molar-refractivity contribution in [1.29, 1.82) is 0 Å². The Balaban J connectivity index is 1.33. The third-order valence-electron chi connectivity index (χ3n) is 5.70. The van der Waals surface area contributed by atoms with Gasteiger partial charge in [-0.05, 0) is 19.4 Å². The van der Waals surface area contributed by atoms with Crippen LogP contribution in [0.25, 0.3) is 11.1 Å². The molecule has 29 heavy (non-hydrogen) atoms. The zero-order valence-corrected chi connectivity index (χ0v) is 16.9. The predicted octanol–water partition coefficient (Wildman–Crippen LogP) is 2.34. The smallest absolute Gasteiger partial charge is 0.264 e. The van der Waals surface area contributed by atoms with Gasteiger partial charge in [0.15, 0.2) is 0 Å². The fourth-order valence-corrected chi connectivity index (χ4v) is 3.80. The molecular formula is C22H26N4O3. The summed E-state index contributed by atoms with van der Waals surface area (Å²) in [6.45, 7) is 8.08. The maximum Gasteiger partial charge on any atom is 0.264 e. The number of hydrogen-bond donors (Lipinski definition) is 0. The molecule has 1 aliphatic rings. The number of rotatable bonds is 5. The summed E-state index contributed by atoms with van der Waals surface area (Å²) in [6, 6.07) is 10.4. The maximum atomic E-state index is 12.7. The minimum atomic E-state index is -0.148. The summed E-state index contributed by atoms with van der Waals surface area (Å²) >= 11 is 0. The summed E-state index contributed by atoms with van der Waals surface area (Å²) < 4.78 is 7.01. The monoisotopic (exact) mass is 394 g/mol. The molecule has 1 aromatic carbocycles. The topological polar surface area (TPSA) is 71.6 Å². The number of aryl methyl sites for hydroxylation is 3. The number of amides is 1. The zero-order valence-electron chi connectivity index (χ0n) is 16.9. The number of nitrogens with zero attached hydrogens (tertiary/aromatic N) is 4. The molecular weight excluding hydrogens is 368 g/mol. The molecule has 7 nitrogen and oxygen atoms in total. The van der Waals surface area contributed by atoms with E-state index in [0.29, 0.717) is 29.8 Å². The van der Waals surface area contributed by atoms with Crippen molar-refractivity contribution in [3.8, 4) is 0 Å². The summed E-state index contributed by atoms with van der Waals surface area (Å²) in [5.41, 5.74) is 2.32. The van der Waals surface area contributed by atoms with E-state index in [4.69, 9.17) is 4.42 Å². The Labute approximate surface area is 169 Å². The second-order valence-corrected chi connectivity index (χ2v) is 7.60. The van der Waals surface area contributed by atoms with E-state index in [1.54, 1.807) is 0 Å². The molecule has 4 rings (SSSR count). The lowest BCUT2D eigenvalue weighted by molar-refractivity contribution is -0.133. The first kappa shape index (κ1) is 19.4. The average Bonchev–Trinajstić information content (AvgIpc) is 3.03. The van der Waals surface area contributed by atoms with Crippen LogP contribution in [0.1, 0.15) is 23.3 Å². The fourth-order valence-electron chi connectivity index (χ4n) is 3.80. The SMILES string of the molecule is Cc1oc2ncn(CCC(=O)N3CCN(Cc4ccccc4)CC3)c(=O)c2c1C. The molecule has 0 radical (unpaired) electrons. The summed E-state index contributed by atoms with van der Waals surface area (Å²) in [4.78, 5) is 33.8. The van der Waals surface area contributed by atoms with Crippen LogP contribution < -0.4 is 5.56 Å². The summed E-state index contributed by atoms with van der Waals surface area (Å²) in [7, 11) is 0. The summed E-state index contributed by atoms with van der Waals surface area (Å²) in [5.74, 6) is 0.781. The molecule has 3 aromatic rings. The van der Waals surface area contributed by atoms with Crippen molar-refractivity contribution in [3.63, 3.8) is 0 Å². The predicted molar refractivity (Wildman–Crippen MR) is 111 cm³/mol. The first-order valence-electron chi connectivity index (χ1n) is 10.0. The van der Waals surface area contributed by atoms with E-state index in [1.165, 1.54) is 16.5 Å². The maximum absolute atomic E-state index is 12.7. The van der Waals surface area contributed by atoms with Crippen molar-refractivity contribution < 1.29 is 9.21 Å². The normalized spacial score (nSPS) is 15.2. The highest BCUT2D eigenvalue weighted by molar-refractivity contribution is 5.78. The van der Waals surface area contributed by atoms with Crippen molar-refractivity contribution in [3.05, 3.63) is 63.9 Å². The number of aromatic nitrogens is 2. The van der Waals surface area contributed by atoms with Crippen LogP contribution >= 0.6 is 0 Å². The Kier molecular flexibility index (Phi) is 5.49. The van der Waals surface area contributed by atoms with Crippen LogP contribution in [0.2, 0.25) is 0 Å². The fraction of sp³-hybridized carbons (Fsp3) is 0.409. The van der Waals surface area contributed by atoms with Gasteiger partial charge in [-0.25, -0.2) is 4.98 Å². The Hall–Kier alpha value is -2.93. The minimum Gasteiger partial charge on any atom is -0.443 e. The summed E-state index contributed by atoms with van der Waals surface area (Å²) in [5, 5.41) is 0.506. The van der Waals surface area contributed by atoms with Crippen molar-refractivity contribution in [2.24, 2.45) is 0 Å². The van der Waals surface area contributed by atoms with E-state index in [-0.39, 0.29) is 11.5 Å². The lowest BCUT2D eigenvalue weighted by Crippen LogP contribution is -2.48. The van der Waals surface area contributed by atoms with Crippen molar-refractivity contribution in [2.75, 3.05) is 26.2 Å². The van der Waals surface area contributed by atoms with Gasteiger partial charge in [-0.15, -0.1) is 0 Å². The largest absolute Gasteiger partial charge is 0.443 e. The first-order valence-corrected chi connectivity index (χ1v) is 10.0. The van der Waals surface area contributed by atoms with Crippen LogP contribution in [0.5, 0.6) is 0 Å². The standard InChI is InChI=1S/C22H26N4O3/c1-16-17(2)29-21-20(16)22(28)26(15-23-21)9-8-19(27)25-12-10-24(11-13-25)14-18-6-4-3-5-7-18/h3-7,15H,8-14H2,1-2H3. The number of carbonyl (C=O) groups is 1. The Bertz CT molecular complexity index is 1060. The van der Waals surface area contributed by atoms with Crippen LogP contribution in [-0.2, 0) is 17.9 Å². The number of hydrogen-bond acceptors (Lipinski definition) is 5. The number of benzene rings is 1. The Morgan fingerprint density at radius 1 is 1.10 bits per heavy atom. The molecule has 1 fully saturated rings. The highest BCUT2D eigenvalue weighted by atomic mass is 16.3. The number of furan rings is 1. The van der Waals surface area contributed by atoms with E-state index in [9.17, 15) is 9.59 Å². The van der Waals surface area contributed by atoms with Crippen molar-refractivity contribution in [1.82, 2.24) is 19.4 Å². The van der Waals surface area contributed by atoms with Gasteiger partial charge >= 0.3 is 0 Å². The molecule has 0 saturated carbocycles. The second kappa shape index (κ2) is 8.21. The molecule has 7 heteroatoms. The molecule has 3 heterocycles. The molecule has 0 atom stereocenters. The highest BCUT2D eigenvalue weighted by Gasteiger charge is 2.21. The molecule has 1 saturated heterocycles. The molecule has 1 aliphatic heterocycles. The van der Waals surface area contributed by atoms with Gasteiger partial charge in [0.25, 0.3) is 5.56 Å². The van der Waals surface area contributed by atoms with Crippen molar-refractivity contribution in [2.45, 2.75) is 33.4 Å². The molecule has 2 aromatic heterocycles. The number of fused-ring (bicyclic) bond motifs is 1. The quantitative estimate of drug-likeness (QED) is 0.664. The molecule has 0 spiro atoms. The molecule has 152 valence electrons. The van der Waals surface area contributed by atoms with Crippen LogP contribution in [0, 0.1) is 13.8 Å². The molecule has 0 aliphatic carbocycles. The molecule has 0 N–H and O–H groups in total. The van der Waals surface area contributed by atoms with Gasteiger partial charge in [0.1, 0.15) is 17.5 Å². The van der Waals surface area contributed by atoms with Gasteiger partial charge in [0.2, 0.25) is 11.6 Å². The average molecular weight is 394 g/mol. The zero-order chi connectivity index (χ0) is 20.4. The molecule has 0 bridgehead atoms. The molecule has 1 amide bonds. The Morgan fingerprint density at radius 3 is 2.55 bits per heavy atom. The lowest BCUT2D eigenvalue weighted by Gasteiger charge is -2.34. The number of piperazine rings is 1. The third kappa shape index (κ3) is 4.10. The third-order valence-corrected chi connectivity index (χ3v) is 5.70. The van der Waals surface area contributed by atoms with Crippen LogP contribution in [0.4, 0.5) is 0 Å². The van der Waals surface area contributed by atoms with Gasteiger partial charge in [-0.2, -0.15) is 0 Å². The van der Waals surface area contributed by atoms with E-state index < -0.39 is 0 Å². The van der Waals surface area contributed by atoms with Crippen LogP contribution in [0.15, 0.2) is 45.9 Å². The van der Waals surface area contributed by atoms with Gasteiger partial charge in [-0.1, -0.05) is 30.3 Å². The van der Waals surface area contributed by atoms with Gasteiger partial charge in [0, 0.05) is 51.3 Å². The van der Waals surface area contributed by atoms with E-state index in [0.717, 1.165) is 38.3 Å². The van der Waals surface area contributed by atoms with Crippen LogP contribution in [0.3, 0.4) is 0 Å².